The maximum absolute atomic E-state index is 12.3. The van der Waals surface area contributed by atoms with E-state index in [0.29, 0.717) is 18.5 Å². The van der Waals surface area contributed by atoms with Gasteiger partial charge in [-0.15, -0.1) is 0 Å². The third kappa shape index (κ3) is 2.83. The zero-order valence-corrected chi connectivity index (χ0v) is 13.0. The van der Waals surface area contributed by atoms with Crippen LogP contribution in [0, 0.1) is 10.1 Å². The Morgan fingerprint density at radius 3 is 2.71 bits per heavy atom. The van der Waals surface area contributed by atoms with Gasteiger partial charge in [-0.3, -0.25) is 19.7 Å². The number of hydrogen-bond donors (Lipinski definition) is 1. The minimum atomic E-state index is -0.581. The van der Waals surface area contributed by atoms with Crippen molar-refractivity contribution in [3.8, 4) is 0 Å². The van der Waals surface area contributed by atoms with Crippen LogP contribution < -0.4 is 10.2 Å². The first-order valence-electron chi connectivity index (χ1n) is 7.41. The van der Waals surface area contributed by atoms with Crippen molar-refractivity contribution in [1.29, 1.82) is 0 Å². The number of carbonyl (C=O) groups excluding carboxylic acids is 2. The van der Waals surface area contributed by atoms with Crippen LogP contribution in [-0.2, 0) is 11.2 Å². The van der Waals surface area contributed by atoms with Gasteiger partial charge >= 0.3 is 0 Å². The number of para-hydroxylation sites is 1. The molecule has 0 aliphatic carbocycles. The average molecular weight is 325 g/mol. The summed E-state index contributed by atoms with van der Waals surface area (Å²) in [6.45, 7) is 0. The first kappa shape index (κ1) is 15.7. The van der Waals surface area contributed by atoms with Crippen LogP contribution >= 0.6 is 0 Å². The third-order valence-corrected chi connectivity index (χ3v) is 4.03. The molecule has 2 aromatic carbocycles. The molecule has 7 heteroatoms. The van der Waals surface area contributed by atoms with Gasteiger partial charge in [0, 0.05) is 30.9 Å². The first-order chi connectivity index (χ1) is 11.5. The van der Waals surface area contributed by atoms with E-state index in [2.05, 4.69) is 5.32 Å². The molecule has 3 rings (SSSR count). The number of aryl methyl sites for hydroxylation is 1. The van der Waals surface area contributed by atoms with Crippen molar-refractivity contribution in [2.24, 2.45) is 0 Å². The van der Waals surface area contributed by atoms with E-state index >= 15 is 0 Å². The molecule has 0 saturated heterocycles. The Hall–Kier alpha value is -3.22. The molecule has 2 aromatic rings. The van der Waals surface area contributed by atoms with Crippen molar-refractivity contribution in [3.63, 3.8) is 0 Å². The smallest absolute Gasteiger partial charge is 0.282 e. The molecule has 0 unspecified atom stereocenters. The number of anilines is 2. The van der Waals surface area contributed by atoms with Crippen LogP contribution in [0.5, 0.6) is 0 Å². The summed E-state index contributed by atoms with van der Waals surface area (Å²) >= 11 is 0. The monoisotopic (exact) mass is 325 g/mol. The fraction of sp³-hybridized carbons (Fsp3) is 0.176. The molecule has 0 spiro atoms. The summed E-state index contributed by atoms with van der Waals surface area (Å²) in [4.78, 5) is 36.1. The Morgan fingerprint density at radius 1 is 1.21 bits per heavy atom. The lowest BCUT2D eigenvalue weighted by molar-refractivity contribution is -0.385. The van der Waals surface area contributed by atoms with Crippen molar-refractivity contribution >= 4 is 28.9 Å². The molecule has 122 valence electrons. The summed E-state index contributed by atoms with van der Waals surface area (Å²) in [6.07, 6.45) is 1.03. The molecule has 0 atom stereocenters. The van der Waals surface area contributed by atoms with Gasteiger partial charge < -0.3 is 10.2 Å². The Bertz CT molecular complexity index is 847. The highest BCUT2D eigenvalue weighted by atomic mass is 16.6. The molecule has 0 bridgehead atoms. The molecule has 0 saturated carbocycles. The number of nitro groups is 1. The Balaban J connectivity index is 1.86. The minimum absolute atomic E-state index is 0.00696. The maximum Gasteiger partial charge on any atom is 0.282 e. The van der Waals surface area contributed by atoms with Crippen molar-refractivity contribution < 1.29 is 14.5 Å². The van der Waals surface area contributed by atoms with Gasteiger partial charge in [0.2, 0.25) is 5.91 Å². The van der Waals surface area contributed by atoms with Crippen LogP contribution in [0.15, 0.2) is 42.5 Å². The second-order valence-electron chi connectivity index (χ2n) is 5.52. The molecule has 24 heavy (non-hydrogen) atoms. The molecular formula is C17H15N3O4. The molecule has 1 aliphatic rings. The zero-order valence-electron chi connectivity index (χ0n) is 13.0. The number of benzene rings is 2. The molecule has 0 radical (unpaired) electrons. The van der Waals surface area contributed by atoms with Crippen LogP contribution in [0.4, 0.5) is 17.1 Å². The number of amides is 2. The van der Waals surface area contributed by atoms with E-state index in [4.69, 9.17) is 0 Å². The number of hydrogen-bond acceptors (Lipinski definition) is 4. The van der Waals surface area contributed by atoms with Gasteiger partial charge in [0.05, 0.1) is 4.92 Å². The molecule has 0 aromatic heterocycles. The van der Waals surface area contributed by atoms with E-state index in [1.807, 2.05) is 0 Å². The Kier molecular flexibility index (Phi) is 3.99. The fourth-order valence-corrected chi connectivity index (χ4v) is 2.76. The average Bonchev–Trinajstić information content (AvgIpc) is 2.58. The number of nitro benzene ring substituents is 1. The van der Waals surface area contributed by atoms with Gasteiger partial charge in [0.15, 0.2) is 0 Å². The summed E-state index contributed by atoms with van der Waals surface area (Å²) in [7, 11) is 1.71. The standard InChI is InChI=1S/C17H15N3O4/c1-19-14-8-7-12(10-11(14)6-9-16(19)21)18-17(22)13-4-2-3-5-15(13)20(23)24/h2-5,7-8,10H,6,9H2,1H3,(H,18,22). The lowest BCUT2D eigenvalue weighted by Crippen LogP contribution is -2.31. The largest absolute Gasteiger partial charge is 0.322 e. The van der Waals surface area contributed by atoms with E-state index in [9.17, 15) is 19.7 Å². The number of rotatable bonds is 3. The number of nitrogens with one attached hydrogen (secondary N) is 1. The number of carbonyl (C=O) groups is 2. The summed E-state index contributed by atoms with van der Waals surface area (Å²) < 4.78 is 0. The second kappa shape index (κ2) is 6.11. The van der Waals surface area contributed by atoms with Crippen LogP contribution in [0.1, 0.15) is 22.3 Å². The number of nitrogens with zero attached hydrogens (tertiary/aromatic N) is 2. The van der Waals surface area contributed by atoms with Crippen molar-refractivity contribution in [1.82, 2.24) is 0 Å². The van der Waals surface area contributed by atoms with Gasteiger partial charge in [-0.2, -0.15) is 0 Å². The Morgan fingerprint density at radius 2 is 1.96 bits per heavy atom. The highest BCUT2D eigenvalue weighted by Crippen LogP contribution is 2.29. The highest BCUT2D eigenvalue weighted by molar-refractivity contribution is 6.07. The minimum Gasteiger partial charge on any atom is -0.322 e. The molecule has 1 N–H and O–H groups in total. The third-order valence-electron chi connectivity index (χ3n) is 4.03. The molecule has 1 aliphatic heterocycles. The van der Waals surface area contributed by atoms with Crippen LogP contribution in [0.25, 0.3) is 0 Å². The highest BCUT2D eigenvalue weighted by Gasteiger charge is 2.22. The zero-order chi connectivity index (χ0) is 17.3. The van der Waals surface area contributed by atoms with Gasteiger partial charge in [-0.1, -0.05) is 12.1 Å². The van der Waals surface area contributed by atoms with Gasteiger partial charge in [-0.05, 0) is 36.2 Å². The van der Waals surface area contributed by atoms with E-state index in [0.717, 1.165) is 11.3 Å². The van der Waals surface area contributed by atoms with E-state index in [-0.39, 0.29) is 17.2 Å². The van der Waals surface area contributed by atoms with E-state index in [1.165, 1.54) is 18.2 Å². The maximum atomic E-state index is 12.3. The second-order valence-corrected chi connectivity index (χ2v) is 5.52. The lowest BCUT2D eigenvalue weighted by atomic mass is 10.0. The van der Waals surface area contributed by atoms with Crippen LogP contribution in [-0.4, -0.2) is 23.8 Å². The SMILES string of the molecule is CN1C(=O)CCc2cc(NC(=O)c3ccccc3[N+](=O)[O-])ccc21. The van der Waals surface area contributed by atoms with Crippen molar-refractivity contribution in [3.05, 3.63) is 63.7 Å². The van der Waals surface area contributed by atoms with Crippen molar-refractivity contribution in [2.45, 2.75) is 12.8 Å². The van der Waals surface area contributed by atoms with E-state index < -0.39 is 10.8 Å². The Labute approximate surface area is 138 Å². The molecular weight excluding hydrogens is 310 g/mol. The van der Waals surface area contributed by atoms with Crippen LogP contribution in [0.2, 0.25) is 0 Å². The first-order valence-corrected chi connectivity index (χ1v) is 7.41. The van der Waals surface area contributed by atoms with Gasteiger partial charge in [0.25, 0.3) is 11.6 Å². The quantitative estimate of drug-likeness (QED) is 0.693. The predicted octanol–water partition coefficient (Wildman–Crippen LogP) is 2.76. The van der Waals surface area contributed by atoms with Gasteiger partial charge in [0.1, 0.15) is 5.56 Å². The summed E-state index contributed by atoms with van der Waals surface area (Å²) in [5.74, 6) is -0.485. The van der Waals surface area contributed by atoms with E-state index in [1.54, 1.807) is 36.2 Å². The van der Waals surface area contributed by atoms with Crippen LogP contribution in [0.3, 0.4) is 0 Å². The normalized spacial score (nSPS) is 13.4. The van der Waals surface area contributed by atoms with Gasteiger partial charge in [-0.25, -0.2) is 0 Å². The molecule has 1 heterocycles. The fourth-order valence-electron chi connectivity index (χ4n) is 2.76. The predicted molar refractivity (Wildman–Crippen MR) is 89.2 cm³/mol. The molecule has 7 nitrogen and oxygen atoms in total. The van der Waals surface area contributed by atoms with Crippen molar-refractivity contribution in [2.75, 3.05) is 17.3 Å². The number of fused-ring (bicyclic) bond motifs is 1. The lowest BCUT2D eigenvalue weighted by Gasteiger charge is -2.26. The summed E-state index contributed by atoms with van der Waals surface area (Å²) in [5.41, 5.74) is 2.08. The summed E-state index contributed by atoms with van der Waals surface area (Å²) in [5, 5.41) is 13.7. The topological polar surface area (TPSA) is 92.6 Å². The molecule has 2 amide bonds. The molecule has 0 fully saturated rings. The summed E-state index contributed by atoms with van der Waals surface area (Å²) in [6, 6.07) is 11.0.